The first-order chi connectivity index (χ1) is 11.0. The lowest BCUT2D eigenvalue weighted by molar-refractivity contribution is 0.0946. The molecule has 0 atom stereocenters. The third-order valence-corrected chi connectivity index (χ3v) is 4.45. The van der Waals surface area contributed by atoms with Gasteiger partial charge in [0.15, 0.2) is 5.69 Å². The molecule has 1 aromatic heterocycles. The van der Waals surface area contributed by atoms with Crippen LogP contribution in [0.2, 0.25) is 0 Å². The molecular formula is C18H16N2O2S. The molecule has 116 valence electrons. The zero-order valence-corrected chi connectivity index (χ0v) is 13.7. The van der Waals surface area contributed by atoms with Crippen LogP contribution in [0.5, 0.6) is 0 Å². The number of aromatic nitrogens is 1. The topological polar surface area (TPSA) is 59.1 Å². The van der Waals surface area contributed by atoms with Gasteiger partial charge < -0.3 is 5.32 Å². The highest BCUT2D eigenvalue weighted by Crippen LogP contribution is 2.15. The molecule has 0 aliphatic heterocycles. The summed E-state index contributed by atoms with van der Waals surface area (Å²) in [6.45, 7) is 4.30. The molecule has 1 amide bonds. The molecule has 4 nitrogen and oxygen atoms in total. The molecule has 5 heteroatoms. The Bertz CT molecular complexity index is 930. The van der Waals surface area contributed by atoms with Crippen molar-refractivity contribution in [2.45, 2.75) is 20.4 Å². The minimum absolute atomic E-state index is 0.0415. The molecule has 23 heavy (non-hydrogen) atoms. The molecule has 3 aromatic rings. The Labute approximate surface area is 138 Å². The number of nitrogens with zero attached hydrogens (tertiary/aromatic N) is 1. The highest BCUT2D eigenvalue weighted by molar-refractivity contribution is 7.12. The summed E-state index contributed by atoms with van der Waals surface area (Å²) in [4.78, 5) is 24.7. The lowest BCUT2D eigenvalue weighted by Crippen LogP contribution is -2.29. The van der Waals surface area contributed by atoms with Gasteiger partial charge in [0.25, 0.3) is 5.91 Å². The van der Waals surface area contributed by atoms with Crippen molar-refractivity contribution in [1.29, 1.82) is 0 Å². The summed E-state index contributed by atoms with van der Waals surface area (Å²) in [6, 6.07) is 13.5. The molecule has 0 saturated heterocycles. The minimum Gasteiger partial charge on any atom is -0.346 e. The lowest BCUT2D eigenvalue weighted by atomic mass is 10.1. The zero-order chi connectivity index (χ0) is 16.4. The Kier molecular flexibility index (Phi) is 4.21. The first kappa shape index (κ1) is 15.4. The summed E-state index contributed by atoms with van der Waals surface area (Å²) >= 11 is 1.17. The van der Waals surface area contributed by atoms with Crippen LogP contribution in [0.3, 0.4) is 0 Å². The van der Waals surface area contributed by atoms with Gasteiger partial charge in [0, 0.05) is 11.9 Å². The molecule has 0 aliphatic carbocycles. The number of fused-ring (bicyclic) bond motifs is 1. The fraction of sp³-hybridized carbons (Fsp3) is 0.167. The van der Waals surface area contributed by atoms with Gasteiger partial charge in [-0.25, -0.2) is 0 Å². The molecule has 0 bridgehead atoms. The van der Waals surface area contributed by atoms with Gasteiger partial charge in [-0.2, -0.15) is 4.37 Å². The Morgan fingerprint density at radius 2 is 1.78 bits per heavy atom. The summed E-state index contributed by atoms with van der Waals surface area (Å²) in [7, 11) is 0. The number of carbonyl (C=O) groups is 1. The monoisotopic (exact) mass is 324 g/mol. The number of nitrogens with one attached hydrogen (secondary N) is 1. The number of rotatable bonds is 3. The van der Waals surface area contributed by atoms with E-state index in [4.69, 9.17) is 0 Å². The van der Waals surface area contributed by atoms with Crippen molar-refractivity contribution in [3.05, 3.63) is 75.1 Å². The second-order valence-corrected chi connectivity index (χ2v) is 6.33. The number of amides is 1. The SMILES string of the molecule is Cc1ccc(CNC(=O)c2nsc3ccc(C)cc3c2=O)cc1. The quantitative estimate of drug-likeness (QED) is 0.805. The first-order valence-electron chi connectivity index (χ1n) is 7.29. The molecule has 0 saturated carbocycles. The number of benzene rings is 2. The fourth-order valence-electron chi connectivity index (χ4n) is 2.28. The highest BCUT2D eigenvalue weighted by Gasteiger charge is 2.15. The molecule has 0 aliphatic rings. The molecule has 3 rings (SSSR count). The van der Waals surface area contributed by atoms with Crippen molar-refractivity contribution < 1.29 is 4.79 Å². The van der Waals surface area contributed by atoms with Crippen molar-refractivity contribution in [1.82, 2.24) is 9.69 Å². The third kappa shape index (κ3) is 3.29. The molecule has 0 fully saturated rings. The molecular weight excluding hydrogens is 308 g/mol. The first-order valence-corrected chi connectivity index (χ1v) is 8.06. The van der Waals surface area contributed by atoms with Gasteiger partial charge in [-0.15, -0.1) is 0 Å². The maximum absolute atomic E-state index is 12.5. The van der Waals surface area contributed by atoms with Crippen molar-refractivity contribution in [2.75, 3.05) is 0 Å². The number of aryl methyl sites for hydroxylation is 2. The van der Waals surface area contributed by atoms with Crippen LogP contribution in [0.1, 0.15) is 27.2 Å². The van der Waals surface area contributed by atoms with E-state index in [1.807, 2.05) is 50.2 Å². The van der Waals surface area contributed by atoms with Crippen LogP contribution >= 0.6 is 11.5 Å². The Morgan fingerprint density at radius 3 is 2.52 bits per heavy atom. The summed E-state index contributed by atoms with van der Waals surface area (Å²) in [5.41, 5.74) is 2.77. The standard InChI is InChI=1S/C18H16N2O2S/c1-11-3-6-13(7-4-11)10-19-18(22)16-17(21)14-9-12(2)5-8-15(14)23-20-16/h3-9H,10H2,1-2H3,(H,19,22). The van der Waals surface area contributed by atoms with E-state index in [2.05, 4.69) is 9.69 Å². The second kappa shape index (κ2) is 6.30. The largest absolute Gasteiger partial charge is 0.346 e. The number of hydrogen-bond acceptors (Lipinski definition) is 4. The zero-order valence-electron chi connectivity index (χ0n) is 12.9. The van der Waals surface area contributed by atoms with E-state index < -0.39 is 5.91 Å². The Hall–Kier alpha value is -2.53. The van der Waals surface area contributed by atoms with Gasteiger partial charge >= 0.3 is 0 Å². The van der Waals surface area contributed by atoms with Crippen molar-refractivity contribution in [3.63, 3.8) is 0 Å². The molecule has 0 radical (unpaired) electrons. The van der Waals surface area contributed by atoms with Gasteiger partial charge in [0.2, 0.25) is 5.43 Å². The van der Waals surface area contributed by atoms with Crippen LogP contribution in [-0.4, -0.2) is 10.3 Å². The number of carbonyl (C=O) groups excluding carboxylic acids is 1. The van der Waals surface area contributed by atoms with Crippen LogP contribution in [-0.2, 0) is 6.54 Å². The van der Waals surface area contributed by atoms with E-state index in [0.29, 0.717) is 11.9 Å². The molecule has 2 aromatic carbocycles. The smallest absolute Gasteiger partial charge is 0.275 e. The summed E-state index contributed by atoms with van der Waals surface area (Å²) < 4.78 is 4.87. The van der Waals surface area contributed by atoms with Gasteiger partial charge in [0.1, 0.15) is 0 Å². The summed E-state index contributed by atoms with van der Waals surface area (Å²) in [6.07, 6.45) is 0. The Morgan fingerprint density at radius 1 is 1.09 bits per heavy atom. The highest BCUT2D eigenvalue weighted by atomic mass is 32.1. The third-order valence-electron chi connectivity index (χ3n) is 3.62. The molecule has 1 N–H and O–H groups in total. The number of hydrogen-bond donors (Lipinski definition) is 1. The maximum atomic E-state index is 12.5. The fourth-order valence-corrected chi connectivity index (χ4v) is 3.02. The maximum Gasteiger partial charge on any atom is 0.275 e. The molecule has 1 heterocycles. The van der Waals surface area contributed by atoms with Gasteiger partial charge in [-0.3, -0.25) is 9.59 Å². The van der Waals surface area contributed by atoms with E-state index >= 15 is 0 Å². The van der Waals surface area contributed by atoms with E-state index in [1.165, 1.54) is 11.5 Å². The van der Waals surface area contributed by atoms with Crippen molar-refractivity contribution in [2.24, 2.45) is 0 Å². The minimum atomic E-state index is -0.435. The average Bonchev–Trinajstić information content (AvgIpc) is 2.55. The van der Waals surface area contributed by atoms with Crippen molar-refractivity contribution >= 4 is 27.5 Å². The van der Waals surface area contributed by atoms with Crippen LogP contribution < -0.4 is 10.7 Å². The van der Waals surface area contributed by atoms with E-state index in [9.17, 15) is 9.59 Å². The van der Waals surface area contributed by atoms with Gasteiger partial charge in [0.05, 0.1) is 4.70 Å². The Balaban J connectivity index is 1.84. The summed E-state index contributed by atoms with van der Waals surface area (Å²) in [5, 5.41) is 3.31. The van der Waals surface area contributed by atoms with E-state index in [-0.39, 0.29) is 11.1 Å². The van der Waals surface area contributed by atoms with Crippen LogP contribution in [0.15, 0.2) is 47.3 Å². The van der Waals surface area contributed by atoms with Gasteiger partial charge in [-0.1, -0.05) is 41.5 Å². The van der Waals surface area contributed by atoms with Crippen molar-refractivity contribution in [3.8, 4) is 0 Å². The van der Waals surface area contributed by atoms with Crippen LogP contribution in [0.4, 0.5) is 0 Å². The average molecular weight is 324 g/mol. The second-order valence-electron chi connectivity index (χ2n) is 5.53. The predicted molar refractivity (Wildman–Crippen MR) is 93.0 cm³/mol. The summed E-state index contributed by atoms with van der Waals surface area (Å²) in [5.74, 6) is -0.435. The molecule has 0 unspecified atom stereocenters. The van der Waals surface area contributed by atoms with E-state index in [1.54, 1.807) is 6.07 Å². The lowest BCUT2D eigenvalue weighted by Gasteiger charge is -2.05. The van der Waals surface area contributed by atoms with Gasteiger partial charge in [-0.05, 0) is 43.1 Å². The normalized spacial score (nSPS) is 10.7. The van der Waals surface area contributed by atoms with E-state index in [0.717, 1.165) is 21.4 Å². The van der Waals surface area contributed by atoms with Crippen LogP contribution in [0.25, 0.3) is 10.1 Å². The van der Waals surface area contributed by atoms with Crippen LogP contribution in [0, 0.1) is 13.8 Å². The molecule has 0 spiro atoms. The predicted octanol–water partition coefficient (Wildman–Crippen LogP) is 3.20.